The van der Waals surface area contributed by atoms with E-state index in [1.165, 1.54) is 38.6 Å². The number of morpholine rings is 1. The van der Waals surface area contributed by atoms with Crippen molar-refractivity contribution in [1.29, 1.82) is 0 Å². The van der Waals surface area contributed by atoms with E-state index in [9.17, 15) is 0 Å². The number of rotatable bonds is 5. The number of hydrogen-bond acceptors (Lipinski definition) is 3. The van der Waals surface area contributed by atoms with Crippen LogP contribution < -0.4 is 5.32 Å². The molecule has 0 spiro atoms. The van der Waals surface area contributed by atoms with Crippen LogP contribution in [0.4, 0.5) is 0 Å². The summed E-state index contributed by atoms with van der Waals surface area (Å²) in [7, 11) is 0. The maximum absolute atomic E-state index is 6.13. The van der Waals surface area contributed by atoms with Crippen LogP contribution in [0.15, 0.2) is 0 Å². The summed E-state index contributed by atoms with van der Waals surface area (Å²) in [5, 5.41) is 3.67. The van der Waals surface area contributed by atoms with Crippen LogP contribution in [0.1, 0.15) is 59.8 Å². The molecule has 0 unspecified atom stereocenters. The lowest BCUT2D eigenvalue weighted by atomic mass is 9.89. The van der Waals surface area contributed by atoms with Crippen molar-refractivity contribution in [1.82, 2.24) is 10.2 Å². The normalized spacial score (nSPS) is 27.6. The second-order valence-electron chi connectivity index (χ2n) is 8.04. The zero-order valence-corrected chi connectivity index (χ0v) is 14.0. The third kappa shape index (κ3) is 5.34. The predicted octanol–water partition coefficient (Wildman–Crippen LogP) is 3.05. The number of hydrogen-bond donors (Lipinski definition) is 1. The SMILES string of the molecule is CC1(C)CN(CCNCC2CCCCC2)CC(C)(C)O1. The van der Waals surface area contributed by atoms with E-state index >= 15 is 0 Å². The smallest absolute Gasteiger partial charge is 0.0760 e. The molecule has 1 N–H and O–H groups in total. The van der Waals surface area contributed by atoms with Crippen molar-refractivity contribution in [3.63, 3.8) is 0 Å². The molecule has 0 aromatic carbocycles. The summed E-state index contributed by atoms with van der Waals surface area (Å²) in [4.78, 5) is 2.55. The molecule has 1 saturated heterocycles. The fourth-order valence-corrected chi connectivity index (χ4v) is 4.04. The Balaban J connectivity index is 1.65. The summed E-state index contributed by atoms with van der Waals surface area (Å²) in [5.41, 5.74) is -0.0454. The molecule has 118 valence electrons. The Morgan fingerprint density at radius 2 is 1.60 bits per heavy atom. The molecule has 0 radical (unpaired) electrons. The first-order valence-electron chi connectivity index (χ1n) is 8.50. The topological polar surface area (TPSA) is 24.5 Å². The molecule has 1 saturated carbocycles. The van der Waals surface area contributed by atoms with Gasteiger partial charge in [-0.25, -0.2) is 0 Å². The average molecular weight is 282 g/mol. The van der Waals surface area contributed by atoms with Gasteiger partial charge in [0.15, 0.2) is 0 Å². The van der Waals surface area contributed by atoms with E-state index in [1.807, 2.05) is 0 Å². The van der Waals surface area contributed by atoms with Crippen LogP contribution in [-0.2, 0) is 4.74 Å². The van der Waals surface area contributed by atoms with Gasteiger partial charge in [-0.3, -0.25) is 4.90 Å². The van der Waals surface area contributed by atoms with Crippen molar-refractivity contribution in [2.75, 3.05) is 32.7 Å². The average Bonchev–Trinajstić information content (AvgIpc) is 2.32. The Kier molecular flexibility index (Phi) is 5.49. The van der Waals surface area contributed by atoms with E-state index in [4.69, 9.17) is 4.74 Å². The Labute approximate surface area is 125 Å². The lowest BCUT2D eigenvalue weighted by Gasteiger charge is -2.47. The van der Waals surface area contributed by atoms with Crippen molar-refractivity contribution in [2.24, 2.45) is 5.92 Å². The molecule has 3 heteroatoms. The molecule has 0 aromatic rings. The number of ether oxygens (including phenoxy) is 1. The largest absolute Gasteiger partial charge is 0.367 e. The monoisotopic (exact) mass is 282 g/mol. The molecular formula is C17H34N2O. The summed E-state index contributed by atoms with van der Waals surface area (Å²) < 4.78 is 6.13. The standard InChI is InChI=1S/C17H34N2O/c1-16(2)13-19(14-17(3,4)20-16)11-10-18-12-15-8-6-5-7-9-15/h15,18H,5-14H2,1-4H3. The molecule has 0 aromatic heterocycles. The van der Waals surface area contributed by atoms with E-state index in [0.717, 1.165) is 32.1 Å². The maximum Gasteiger partial charge on any atom is 0.0760 e. The Morgan fingerprint density at radius 3 is 2.20 bits per heavy atom. The lowest BCUT2D eigenvalue weighted by molar-refractivity contribution is -0.180. The molecule has 2 rings (SSSR count). The van der Waals surface area contributed by atoms with Gasteiger partial charge in [0.1, 0.15) is 0 Å². The fourth-order valence-electron chi connectivity index (χ4n) is 4.04. The molecule has 0 amide bonds. The number of nitrogens with zero attached hydrogens (tertiary/aromatic N) is 1. The van der Waals surface area contributed by atoms with E-state index in [0.29, 0.717) is 0 Å². The van der Waals surface area contributed by atoms with Gasteiger partial charge in [0.25, 0.3) is 0 Å². The summed E-state index contributed by atoms with van der Waals surface area (Å²) >= 11 is 0. The molecule has 1 heterocycles. The Bertz CT molecular complexity index is 279. The third-order valence-corrected chi connectivity index (χ3v) is 4.52. The minimum Gasteiger partial charge on any atom is -0.367 e. The molecule has 3 nitrogen and oxygen atoms in total. The minimum absolute atomic E-state index is 0.0227. The zero-order valence-electron chi connectivity index (χ0n) is 14.0. The summed E-state index contributed by atoms with van der Waals surface area (Å²) in [6, 6.07) is 0. The maximum atomic E-state index is 6.13. The molecule has 20 heavy (non-hydrogen) atoms. The summed E-state index contributed by atoms with van der Waals surface area (Å²) in [6.07, 6.45) is 7.21. The molecule has 1 aliphatic carbocycles. The van der Waals surface area contributed by atoms with Gasteiger partial charge in [-0.2, -0.15) is 0 Å². The molecule has 0 atom stereocenters. The first kappa shape index (κ1) is 16.3. The quantitative estimate of drug-likeness (QED) is 0.784. The van der Waals surface area contributed by atoms with Crippen LogP contribution in [0, 0.1) is 5.92 Å². The van der Waals surface area contributed by atoms with Gasteiger partial charge >= 0.3 is 0 Å². The number of nitrogens with one attached hydrogen (secondary N) is 1. The van der Waals surface area contributed by atoms with Crippen LogP contribution in [0.2, 0.25) is 0 Å². The van der Waals surface area contributed by atoms with Gasteiger partial charge in [0, 0.05) is 26.2 Å². The van der Waals surface area contributed by atoms with Crippen LogP contribution in [-0.4, -0.2) is 48.8 Å². The highest BCUT2D eigenvalue weighted by atomic mass is 16.5. The van der Waals surface area contributed by atoms with Crippen molar-refractivity contribution in [3.05, 3.63) is 0 Å². The van der Waals surface area contributed by atoms with E-state index in [-0.39, 0.29) is 11.2 Å². The van der Waals surface area contributed by atoms with Gasteiger partial charge in [0.05, 0.1) is 11.2 Å². The summed E-state index contributed by atoms with van der Waals surface area (Å²) in [6.45, 7) is 14.4. The van der Waals surface area contributed by atoms with Crippen molar-refractivity contribution in [3.8, 4) is 0 Å². The van der Waals surface area contributed by atoms with Gasteiger partial charge in [-0.1, -0.05) is 19.3 Å². The van der Waals surface area contributed by atoms with Gasteiger partial charge in [0.2, 0.25) is 0 Å². The van der Waals surface area contributed by atoms with Crippen LogP contribution in [0.25, 0.3) is 0 Å². The molecule has 1 aliphatic heterocycles. The van der Waals surface area contributed by atoms with Crippen molar-refractivity contribution in [2.45, 2.75) is 71.0 Å². The molecule has 2 aliphatic rings. The van der Waals surface area contributed by atoms with E-state index < -0.39 is 0 Å². The highest BCUT2D eigenvalue weighted by Gasteiger charge is 2.37. The zero-order chi connectivity index (χ0) is 14.6. The van der Waals surface area contributed by atoms with E-state index in [1.54, 1.807) is 0 Å². The van der Waals surface area contributed by atoms with Gasteiger partial charge in [-0.15, -0.1) is 0 Å². The highest BCUT2D eigenvalue weighted by molar-refractivity contribution is 4.89. The summed E-state index contributed by atoms with van der Waals surface area (Å²) in [5.74, 6) is 0.932. The Hall–Kier alpha value is -0.120. The molecule has 2 fully saturated rings. The molecular weight excluding hydrogens is 248 g/mol. The second kappa shape index (κ2) is 6.76. The van der Waals surface area contributed by atoms with Gasteiger partial charge in [-0.05, 0) is 53.0 Å². The van der Waals surface area contributed by atoms with Crippen molar-refractivity contribution < 1.29 is 4.74 Å². The Morgan fingerprint density at radius 1 is 1.00 bits per heavy atom. The minimum atomic E-state index is -0.0227. The van der Waals surface area contributed by atoms with Crippen molar-refractivity contribution >= 4 is 0 Å². The first-order valence-corrected chi connectivity index (χ1v) is 8.50. The van der Waals surface area contributed by atoms with Gasteiger partial charge < -0.3 is 10.1 Å². The molecule has 0 bridgehead atoms. The first-order chi connectivity index (χ1) is 9.36. The second-order valence-corrected chi connectivity index (χ2v) is 8.04. The fraction of sp³-hybridized carbons (Fsp3) is 1.00. The third-order valence-electron chi connectivity index (χ3n) is 4.52. The highest BCUT2D eigenvalue weighted by Crippen LogP contribution is 2.27. The van der Waals surface area contributed by atoms with Crippen LogP contribution >= 0.6 is 0 Å². The lowest BCUT2D eigenvalue weighted by Crippen LogP contribution is -2.58. The predicted molar refractivity (Wildman–Crippen MR) is 85.1 cm³/mol. The van der Waals surface area contributed by atoms with Crippen LogP contribution in [0.3, 0.4) is 0 Å². The van der Waals surface area contributed by atoms with E-state index in [2.05, 4.69) is 37.9 Å². The van der Waals surface area contributed by atoms with Crippen LogP contribution in [0.5, 0.6) is 0 Å².